The molecule has 0 radical (unpaired) electrons. The van der Waals surface area contributed by atoms with Crippen LogP contribution in [0.4, 0.5) is 10.2 Å². The summed E-state index contributed by atoms with van der Waals surface area (Å²) >= 11 is 2.81. The standard InChI is InChI=1S/C17H15FIN3O6S/c18-17(19)13(24)10(6-23)28-15(17)22-4-3-12(21-16(22)26)20-14(25)8-1-2-9-11(5-8)29-7-27-9/h1-5,10,13,15,23-24H,6-7H2,(H,20,21,25,26)/t10-,13-,15?,17?/m1/s1. The molecule has 2 aromatic rings. The molecule has 4 rings (SSSR count). The number of aliphatic hydroxyl groups excluding tert-OH is 2. The van der Waals surface area contributed by atoms with Crippen LogP contribution >= 0.6 is 34.4 Å². The number of thioether (sulfide) groups is 1. The van der Waals surface area contributed by atoms with Crippen molar-refractivity contribution in [3.05, 3.63) is 46.5 Å². The van der Waals surface area contributed by atoms with Gasteiger partial charge in [-0.1, -0.05) is 11.8 Å². The number of fused-ring (bicyclic) bond motifs is 1. The highest BCUT2D eigenvalue weighted by Crippen LogP contribution is 2.45. The molecule has 1 aromatic carbocycles. The largest absolute Gasteiger partial charge is 0.481 e. The lowest BCUT2D eigenvalue weighted by Gasteiger charge is -2.23. The lowest BCUT2D eigenvalue weighted by molar-refractivity contribution is -0.0499. The molecule has 3 heterocycles. The Kier molecular flexibility index (Phi) is 5.54. The van der Waals surface area contributed by atoms with Crippen LogP contribution in [0, 0.1) is 0 Å². The zero-order valence-electron chi connectivity index (χ0n) is 14.6. The van der Waals surface area contributed by atoms with Crippen LogP contribution in [0.5, 0.6) is 5.75 Å². The van der Waals surface area contributed by atoms with Gasteiger partial charge in [0.15, 0.2) is 6.23 Å². The third kappa shape index (κ3) is 3.74. The molecule has 29 heavy (non-hydrogen) atoms. The van der Waals surface area contributed by atoms with Crippen molar-refractivity contribution in [3.8, 4) is 5.75 Å². The molecule has 154 valence electrons. The number of hydrogen-bond donors (Lipinski definition) is 3. The number of nitrogens with one attached hydrogen (secondary N) is 1. The van der Waals surface area contributed by atoms with Crippen LogP contribution in [0.1, 0.15) is 16.6 Å². The van der Waals surface area contributed by atoms with Gasteiger partial charge in [0.2, 0.25) is 3.68 Å². The number of carbonyl (C=O) groups excluding carboxylic acids is 1. The summed E-state index contributed by atoms with van der Waals surface area (Å²) in [4.78, 5) is 29.4. The first-order valence-corrected chi connectivity index (χ1v) is 10.5. The summed E-state index contributed by atoms with van der Waals surface area (Å²) in [5, 5.41) is 21.7. The van der Waals surface area contributed by atoms with Gasteiger partial charge in [-0.2, -0.15) is 4.98 Å². The molecule has 1 saturated heterocycles. The summed E-state index contributed by atoms with van der Waals surface area (Å²) in [6.45, 7) is -0.604. The van der Waals surface area contributed by atoms with E-state index in [1.165, 1.54) is 46.6 Å². The van der Waals surface area contributed by atoms with Crippen molar-refractivity contribution < 1.29 is 28.9 Å². The van der Waals surface area contributed by atoms with E-state index in [9.17, 15) is 24.2 Å². The molecule has 1 amide bonds. The Hall–Kier alpha value is -1.74. The highest BCUT2D eigenvalue weighted by molar-refractivity contribution is 14.1. The molecule has 12 heteroatoms. The first kappa shape index (κ1) is 20.5. The number of rotatable bonds is 4. The van der Waals surface area contributed by atoms with E-state index in [0.717, 1.165) is 9.46 Å². The fourth-order valence-electron chi connectivity index (χ4n) is 3.01. The smallest absolute Gasteiger partial charge is 0.351 e. The molecule has 2 aliphatic rings. The van der Waals surface area contributed by atoms with Crippen molar-refractivity contribution in [2.24, 2.45) is 0 Å². The van der Waals surface area contributed by atoms with Crippen LogP contribution < -0.4 is 15.7 Å². The highest BCUT2D eigenvalue weighted by atomic mass is 127. The Labute approximate surface area is 181 Å². The minimum atomic E-state index is -2.34. The Morgan fingerprint density at radius 1 is 1.48 bits per heavy atom. The van der Waals surface area contributed by atoms with Gasteiger partial charge < -0.3 is 25.0 Å². The second kappa shape index (κ2) is 7.83. The maximum Gasteiger partial charge on any atom is 0.351 e. The number of halogens is 2. The molecular weight excluding hydrogens is 520 g/mol. The fourth-order valence-corrected chi connectivity index (χ4v) is 4.65. The van der Waals surface area contributed by atoms with Gasteiger partial charge in [-0.25, -0.2) is 9.18 Å². The van der Waals surface area contributed by atoms with E-state index in [0.29, 0.717) is 17.3 Å². The quantitative estimate of drug-likeness (QED) is 0.396. The minimum Gasteiger partial charge on any atom is -0.481 e. The van der Waals surface area contributed by atoms with Crippen molar-refractivity contribution in [2.75, 3.05) is 17.9 Å². The Balaban J connectivity index is 1.53. The van der Waals surface area contributed by atoms with E-state index >= 15 is 0 Å². The van der Waals surface area contributed by atoms with Gasteiger partial charge in [0.25, 0.3) is 5.91 Å². The molecule has 3 N–H and O–H groups in total. The highest BCUT2D eigenvalue weighted by Gasteiger charge is 2.56. The van der Waals surface area contributed by atoms with E-state index in [1.54, 1.807) is 18.2 Å². The van der Waals surface area contributed by atoms with Crippen molar-refractivity contribution in [1.29, 1.82) is 0 Å². The minimum absolute atomic E-state index is 0.0178. The number of carbonyl (C=O) groups is 1. The molecule has 2 aliphatic heterocycles. The summed E-state index contributed by atoms with van der Waals surface area (Å²) in [7, 11) is 0. The molecule has 2 unspecified atom stereocenters. The van der Waals surface area contributed by atoms with Crippen LogP contribution in [0.25, 0.3) is 0 Å². The summed E-state index contributed by atoms with van der Waals surface area (Å²) in [6.07, 6.45) is -3.06. The first-order chi connectivity index (χ1) is 13.8. The first-order valence-electron chi connectivity index (χ1n) is 8.43. The van der Waals surface area contributed by atoms with E-state index in [1.807, 2.05) is 0 Å². The fraction of sp³-hybridized carbons (Fsp3) is 0.353. The lowest BCUT2D eigenvalue weighted by Crippen LogP contribution is -2.40. The van der Waals surface area contributed by atoms with Gasteiger partial charge in [-0.3, -0.25) is 9.36 Å². The van der Waals surface area contributed by atoms with Crippen molar-refractivity contribution in [1.82, 2.24) is 9.55 Å². The molecule has 0 saturated carbocycles. The second-order valence-corrected chi connectivity index (χ2v) is 8.97. The number of alkyl halides is 2. The molecule has 0 spiro atoms. The van der Waals surface area contributed by atoms with Crippen LogP contribution in [-0.2, 0) is 4.74 Å². The topological polar surface area (TPSA) is 123 Å². The van der Waals surface area contributed by atoms with Crippen LogP contribution in [0.2, 0.25) is 0 Å². The average molecular weight is 535 g/mol. The summed E-state index contributed by atoms with van der Waals surface area (Å²) in [6, 6.07) is 6.29. The summed E-state index contributed by atoms with van der Waals surface area (Å²) in [5.41, 5.74) is -0.508. The van der Waals surface area contributed by atoms with Gasteiger partial charge >= 0.3 is 5.69 Å². The third-order valence-corrected chi connectivity index (χ3v) is 6.56. The zero-order valence-corrected chi connectivity index (χ0v) is 17.6. The molecule has 4 atom stereocenters. The van der Waals surface area contributed by atoms with Crippen molar-refractivity contribution in [2.45, 2.75) is 27.0 Å². The summed E-state index contributed by atoms with van der Waals surface area (Å²) < 4.78 is 24.0. The molecule has 1 aromatic heterocycles. The van der Waals surface area contributed by atoms with Crippen molar-refractivity contribution in [3.63, 3.8) is 0 Å². The van der Waals surface area contributed by atoms with Crippen LogP contribution in [-0.4, -0.2) is 54.1 Å². The Morgan fingerprint density at radius 3 is 2.97 bits per heavy atom. The molecule has 9 nitrogen and oxygen atoms in total. The van der Waals surface area contributed by atoms with E-state index in [4.69, 9.17) is 9.47 Å². The van der Waals surface area contributed by atoms with E-state index in [-0.39, 0.29) is 5.82 Å². The molecule has 0 aliphatic carbocycles. The van der Waals surface area contributed by atoms with Gasteiger partial charge in [-0.15, -0.1) is 0 Å². The number of aliphatic hydroxyl groups is 2. The number of amides is 1. The maximum atomic E-state index is 14.8. The van der Waals surface area contributed by atoms with Gasteiger partial charge in [0.1, 0.15) is 29.7 Å². The third-order valence-electron chi connectivity index (χ3n) is 4.52. The molecule has 0 bridgehead atoms. The average Bonchev–Trinajstić information content (AvgIpc) is 3.24. The number of hydrogen-bond acceptors (Lipinski definition) is 8. The zero-order chi connectivity index (χ0) is 20.8. The Bertz CT molecular complexity index is 1020. The SMILES string of the molecule is O=C(Nc1ccn(C2O[C@H](CO)[C@@H](O)C2(F)I)c(=O)n1)c1ccc2c(c1)SCO2. The number of benzene rings is 1. The molecule has 1 fully saturated rings. The van der Waals surface area contributed by atoms with Gasteiger partial charge in [0, 0.05) is 11.8 Å². The van der Waals surface area contributed by atoms with Gasteiger partial charge in [0.05, 0.1) is 11.5 Å². The van der Waals surface area contributed by atoms with Crippen molar-refractivity contribution >= 4 is 46.1 Å². The second-order valence-electron chi connectivity index (χ2n) is 6.35. The number of aromatic nitrogens is 2. The van der Waals surface area contributed by atoms with Gasteiger partial charge in [-0.05, 0) is 46.9 Å². The summed E-state index contributed by atoms with van der Waals surface area (Å²) in [5.74, 6) is 0.713. The maximum absolute atomic E-state index is 14.8. The Morgan fingerprint density at radius 2 is 2.28 bits per heavy atom. The molecular formula is C17H15FIN3O6S. The number of ether oxygens (including phenoxy) is 2. The monoisotopic (exact) mass is 535 g/mol. The normalized spacial score (nSPS) is 28.1. The van der Waals surface area contributed by atoms with E-state index in [2.05, 4.69) is 10.3 Å². The number of anilines is 1. The van der Waals surface area contributed by atoms with Crippen LogP contribution in [0.15, 0.2) is 40.2 Å². The van der Waals surface area contributed by atoms with E-state index < -0.39 is 40.3 Å². The lowest BCUT2D eigenvalue weighted by atomic mass is 10.1. The predicted octanol–water partition coefficient (Wildman–Crippen LogP) is 1.29. The predicted molar refractivity (Wildman–Crippen MR) is 109 cm³/mol. The number of nitrogens with zero attached hydrogens (tertiary/aromatic N) is 2. The van der Waals surface area contributed by atoms with Crippen LogP contribution in [0.3, 0.4) is 0 Å².